The van der Waals surface area contributed by atoms with Gasteiger partial charge in [-0.2, -0.15) is 0 Å². The molecule has 0 fully saturated rings. The summed E-state index contributed by atoms with van der Waals surface area (Å²) in [6, 6.07) is 15.7. The lowest BCUT2D eigenvalue weighted by Crippen LogP contribution is -2.25. The van der Waals surface area contributed by atoms with E-state index in [-0.39, 0.29) is 0 Å². The zero-order valence-corrected chi connectivity index (χ0v) is 7.17. The van der Waals surface area contributed by atoms with Crippen molar-refractivity contribution in [2.75, 3.05) is 0 Å². The zero-order chi connectivity index (χ0) is 8.93. The van der Waals surface area contributed by atoms with Gasteiger partial charge >= 0.3 is 0 Å². The summed E-state index contributed by atoms with van der Waals surface area (Å²) in [6.45, 7) is 0. The highest BCUT2D eigenvalue weighted by Gasteiger charge is 1.85. The summed E-state index contributed by atoms with van der Waals surface area (Å²) in [5, 5.41) is 0. The number of hydrogen-bond donors (Lipinski definition) is 0. The van der Waals surface area contributed by atoms with Gasteiger partial charge in [0.1, 0.15) is 0 Å². The minimum Gasteiger partial charge on any atom is -0.405 e. The van der Waals surface area contributed by atoms with Gasteiger partial charge in [-0.3, -0.25) is 0 Å². The van der Waals surface area contributed by atoms with E-state index in [9.17, 15) is 0 Å². The summed E-state index contributed by atoms with van der Waals surface area (Å²) >= 11 is 0. The summed E-state index contributed by atoms with van der Waals surface area (Å²) in [5.41, 5.74) is 5.31. The third-order valence-corrected chi connectivity index (χ3v) is 1.69. The standard InChI is InChI=1S/C11H10N2/c1-3-7-11(8-4-1)12-13-9-5-2-6-10-13/h1-10H. The van der Waals surface area contributed by atoms with Crippen molar-refractivity contribution in [1.82, 2.24) is 0 Å². The van der Waals surface area contributed by atoms with Crippen LogP contribution in [-0.4, -0.2) is 0 Å². The van der Waals surface area contributed by atoms with Crippen molar-refractivity contribution in [3.63, 3.8) is 0 Å². The van der Waals surface area contributed by atoms with Crippen LogP contribution in [-0.2, 0) is 0 Å². The van der Waals surface area contributed by atoms with E-state index < -0.39 is 0 Å². The molecular weight excluding hydrogens is 160 g/mol. The van der Waals surface area contributed by atoms with Gasteiger partial charge in [-0.1, -0.05) is 42.1 Å². The minimum atomic E-state index is 0.957. The molecule has 0 radical (unpaired) electrons. The van der Waals surface area contributed by atoms with Gasteiger partial charge in [-0.15, -0.1) is 0 Å². The van der Waals surface area contributed by atoms with Crippen LogP contribution in [0.3, 0.4) is 0 Å². The Labute approximate surface area is 77.4 Å². The van der Waals surface area contributed by atoms with Gasteiger partial charge in [0.05, 0.1) is 0 Å². The Balaban J connectivity index is 2.16. The highest BCUT2D eigenvalue weighted by Crippen LogP contribution is 2.12. The van der Waals surface area contributed by atoms with Crippen molar-refractivity contribution in [3.8, 4) is 0 Å². The first-order chi connectivity index (χ1) is 6.45. The molecule has 0 aliphatic carbocycles. The van der Waals surface area contributed by atoms with Gasteiger partial charge in [0.15, 0.2) is 12.4 Å². The first-order valence-electron chi connectivity index (χ1n) is 4.18. The smallest absolute Gasteiger partial charge is 0.164 e. The number of pyridine rings is 1. The van der Waals surface area contributed by atoms with Crippen molar-refractivity contribution in [3.05, 3.63) is 66.4 Å². The van der Waals surface area contributed by atoms with Gasteiger partial charge in [0, 0.05) is 12.1 Å². The summed E-state index contributed by atoms with van der Waals surface area (Å²) in [6.07, 6.45) is 3.82. The molecule has 0 aliphatic rings. The van der Waals surface area contributed by atoms with E-state index >= 15 is 0 Å². The number of rotatable bonds is 2. The zero-order valence-electron chi connectivity index (χ0n) is 7.17. The fraction of sp³-hybridized carbons (Fsp3) is 0. The van der Waals surface area contributed by atoms with E-state index in [2.05, 4.69) is 5.43 Å². The summed E-state index contributed by atoms with van der Waals surface area (Å²) in [4.78, 5) is 0. The number of hydrogen-bond acceptors (Lipinski definition) is 0. The maximum atomic E-state index is 4.36. The average Bonchev–Trinajstić information content (AvgIpc) is 2.21. The van der Waals surface area contributed by atoms with Gasteiger partial charge < -0.3 is 5.43 Å². The third kappa shape index (κ3) is 2.06. The van der Waals surface area contributed by atoms with Crippen molar-refractivity contribution >= 4 is 5.69 Å². The SMILES string of the molecule is c1ccc([N-][n+]2ccccc2)cc1. The molecule has 0 atom stereocenters. The molecule has 0 saturated carbocycles. The molecular formula is C11H10N2. The van der Waals surface area contributed by atoms with Crippen LogP contribution < -0.4 is 4.68 Å². The molecule has 64 valence electrons. The lowest BCUT2D eigenvalue weighted by Gasteiger charge is -2.12. The lowest BCUT2D eigenvalue weighted by molar-refractivity contribution is -0.619. The fourth-order valence-electron chi connectivity index (χ4n) is 1.08. The second kappa shape index (κ2) is 3.72. The van der Waals surface area contributed by atoms with Crippen LogP contribution in [0.1, 0.15) is 0 Å². The predicted octanol–water partition coefficient (Wildman–Crippen LogP) is 2.44. The Morgan fingerprint density at radius 2 is 1.38 bits per heavy atom. The second-order valence-electron chi connectivity index (χ2n) is 2.69. The van der Waals surface area contributed by atoms with E-state index in [0.717, 1.165) is 5.69 Å². The van der Waals surface area contributed by atoms with Crippen LogP contribution in [0.4, 0.5) is 5.69 Å². The normalized spacial score (nSPS) is 9.54. The van der Waals surface area contributed by atoms with Crippen LogP contribution in [0, 0.1) is 0 Å². The van der Waals surface area contributed by atoms with Crippen molar-refractivity contribution in [2.24, 2.45) is 0 Å². The molecule has 2 nitrogen and oxygen atoms in total. The third-order valence-electron chi connectivity index (χ3n) is 1.69. The summed E-state index contributed by atoms with van der Waals surface area (Å²) in [7, 11) is 0. The van der Waals surface area contributed by atoms with Crippen LogP contribution in [0.2, 0.25) is 0 Å². The average molecular weight is 170 g/mol. The quantitative estimate of drug-likeness (QED) is 0.616. The number of benzene rings is 1. The largest absolute Gasteiger partial charge is 0.405 e. The Bertz CT molecular complexity index is 319. The summed E-state index contributed by atoms with van der Waals surface area (Å²) in [5.74, 6) is 0. The van der Waals surface area contributed by atoms with Crippen LogP contribution in [0.15, 0.2) is 60.9 Å². The number of aromatic nitrogens is 1. The molecule has 0 aliphatic heterocycles. The molecule has 2 aromatic rings. The highest BCUT2D eigenvalue weighted by atomic mass is 15.4. The van der Waals surface area contributed by atoms with Gasteiger partial charge in [0.2, 0.25) is 0 Å². The van der Waals surface area contributed by atoms with E-state index in [1.165, 1.54) is 0 Å². The fourth-order valence-corrected chi connectivity index (χ4v) is 1.08. The Morgan fingerprint density at radius 3 is 2.08 bits per heavy atom. The van der Waals surface area contributed by atoms with Crippen molar-refractivity contribution in [2.45, 2.75) is 0 Å². The van der Waals surface area contributed by atoms with E-state index in [1.54, 1.807) is 4.68 Å². The molecule has 1 aromatic heterocycles. The predicted molar refractivity (Wildman–Crippen MR) is 51.5 cm³/mol. The van der Waals surface area contributed by atoms with Crippen LogP contribution >= 0.6 is 0 Å². The Kier molecular flexibility index (Phi) is 2.23. The maximum Gasteiger partial charge on any atom is 0.164 e. The van der Waals surface area contributed by atoms with E-state index in [1.807, 2.05) is 60.9 Å². The lowest BCUT2D eigenvalue weighted by atomic mass is 10.3. The van der Waals surface area contributed by atoms with Crippen molar-refractivity contribution in [1.29, 1.82) is 0 Å². The molecule has 0 spiro atoms. The second-order valence-corrected chi connectivity index (χ2v) is 2.69. The molecule has 2 rings (SSSR count). The summed E-state index contributed by atoms with van der Waals surface area (Å²) < 4.78 is 1.79. The molecule has 1 aromatic carbocycles. The first kappa shape index (κ1) is 7.80. The molecule has 0 N–H and O–H groups in total. The van der Waals surface area contributed by atoms with Gasteiger partial charge in [0.25, 0.3) is 0 Å². The molecule has 2 heteroatoms. The minimum absolute atomic E-state index is 0.957. The monoisotopic (exact) mass is 170 g/mol. The Morgan fingerprint density at radius 1 is 0.769 bits per heavy atom. The van der Waals surface area contributed by atoms with Gasteiger partial charge in [-0.25, -0.2) is 4.68 Å². The molecule has 0 bridgehead atoms. The van der Waals surface area contributed by atoms with Crippen LogP contribution in [0.5, 0.6) is 0 Å². The van der Waals surface area contributed by atoms with Crippen LogP contribution in [0.25, 0.3) is 5.43 Å². The molecule has 0 saturated heterocycles. The van der Waals surface area contributed by atoms with E-state index in [0.29, 0.717) is 0 Å². The molecule has 1 heterocycles. The molecule has 0 amide bonds. The topological polar surface area (TPSA) is 18.0 Å². The Hall–Kier alpha value is -1.83. The molecule has 0 unspecified atom stereocenters. The van der Waals surface area contributed by atoms with E-state index in [4.69, 9.17) is 0 Å². The number of nitrogens with zero attached hydrogens (tertiary/aromatic N) is 2. The van der Waals surface area contributed by atoms with Crippen molar-refractivity contribution < 1.29 is 4.68 Å². The van der Waals surface area contributed by atoms with Gasteiger partial charge in [-0.05, 0) is 0 Å². The highest BCUT2D eigenvalue weighted by molar-refractivity contribution is 5.43. The molecule has 13 heavy (non-hydrogen) atoms. The first-order valence-corrected chi connectivity index (χ1v) is 4.18. The maximum absolute atomic E-state index is 4.36.